The highest BCUT2D eigenvalue weighted by Gasteiger charge is 2.37. The molecule has 0 saturated carbocycles. The molecule has 3 unspecified atom stereocenters. The fourth-order valence-corrected chi connectivity index (χ4v) is 3.33. The van der Waals surface area contributed by atoms with Crippen molar-refractivity contribution < 1.29 is 23.8 Å². The van der Waals surface area contributed by atoms with E-state index in [1.807, 2.05) is 30.3 Å². The summed E-state index contributed by atoms with van der Waals surface area (Å²) in [7, 11) is 0. The lowest BCUT2D eigenvalue weighted by atomic mass is 10.1. The number of esters is 1. The zero-order chi connectivity index (χ0) is 19.1. The van der Waals surface area contributed by atoms with Crippen LogP contribution in [0.3, 0.4) is 0 Å². The number of carbonyl (C=O) groups is 2. The number of amides is 1. The second-order valence-corrected chi connectivity index (χ2v) is 6.67. The van der Waals surface area contributed by atoms with Gasteiger partial charge in [-0.3, -0.25) is 15.0 Å². The summed E-state index contributed by atoms with van der Waals surface area (Å²) in [6.07, 6.45) is 0.773. The lowest BCUT2D eigenvalue weighted by Gasteiger charge is -2.36. The molecule has 148 valence electrons. The molecule has 0 bridgehead atoms. The SMILES string of the molecule is CCOC(=O)CC1COCCN1C(=O)C1CC(COc2ccccc2)NN1. The average Bonchev–Trinajstić information content (AvgIpc) is 3.16. The monoisotopic (exact) mass is 377 g/mol. The van der Waals surface area contributed by atoms with E-state index in [0.29, 0.717) is 39.4 Å². The minimum atomic E-state index is -0.350. The Labute approximate surface area is 159 Å². The van der Waals surface area contributed by atoms with Crippen molar-refractivity contribution in [1.29, 1.82) is 0 Å². The Kier molecular flexibility index (Phi) is 7.03. The lowest BCUT2D eigenvalue weighted by Crippen LogP contribution is -2.55. The van der Waals surface area contributed by atoms with Crippen LogP contribution in [0.15, 0.2) is 30.3 Å². The molecule has 2 saturated heterocycles. The highest BCUT2D eigenvalue weighted by molar-refractivity contribution is 5.83. The van der Waals surface area contributed by atoms with E-state index in [9.17, 15) is 9.59 Å². The third-order valence-electron chi connectivity index (χ3n) is 4.69. The number of hydrazine groups is 1. The van der Waals surface area contributed by atoms with Crippen LogP contribution in [0.5, 0.6) is 5.75 Å². The molecule has 8 heteroatoms. The van der Waals surface area contributed by atoms with Crippen LogP contribution in [0.25, 0.3) is 0 Å². The van der Waals surface area contributed by atoms with Crippen molar-refractivity contribution >= 4 is 11.9 Å². The first-order valence-corrected chi connectivity index (χ1v) is 9.40. The largest absolute Gasteiger partial charge is 0.492 e. The van der Waals surface area contributed by atoms with E-state index < -0.39 is 0 Å². The first-order chi connectivity index (χ1) is 13.2. The van der Waals surface area contributed by atoms with E-state index in [4.69, 9.17) is 14.2 Å². The second kappa shape index (κ2) is 9.68. The Morgan fingerprint density at radius 3 is 2.85 bits per heavy atom. The van der Waals surface area contributed by atoms with Gasteiger partial charge in [0.2, 0.25) is 5.91 Å². The Bertz CT molecular complexity index is 627. The number of carbonyl (C=O) groups excluding carboxylic acids is 2. The molecule has 0 radical (unpaired) electrons. The summed E-state index contributed by atoms with van der Waals surface area (Å²) in [5.74, 6) is 0.469. The van der Waals surface area contributed by atoms with Gasteiger partial charge in [0, 0.05) is 6.54 Å². The maximum atomic E-state index is 12.9. The zero-order valence-corrected chi connectivity index (χ0v) is 15.6. The molecule has 3 atom stereocenters. The Hall–Kier alpha value is -2.16. The fourth-order valence-electron chi connectivity index (χ4n) is 3.33. The molecular formula is C19H27N3O5. The Balaban J connectivity index is 1.51. The number of ether oxygens (including phenoxy) is 3. The van der Waals surface area contributed by atoms with Gasteiger partial charge in [-0.2, -0.15) is 0 Å². The molecule has 2 aliphatic rings. The van der Waals surface area contributed by atoms with Gasteiger partial charge in [-0.1, -0.05) is 18.2 Å². The minimum absolute atomic E-state index is 0.0256. The Morgan fingerprint density at radius 2 is 2.07 bits per heavy atom. The van der Waals surface area contributed by atoms with Gasteiger partial charge in [-0.15, -0.1) is 0 Å². The van der Waals surface area contributed by atoms with E-state index >= 15 is 0 Å². The summed E-state index contributed by atoms with van der Waals surface area (Å²) >= 11 is 0. The first-order valence-electron chi connectivity index (χ1n) is 9.40. The molecule has 8 nitrogen and oxygen atoms in total. The van der Waals surface area contributed by atoms with Crippen LogP contribution >= 0.6 is 0 Å². The molecule has 0 spiro atoms. The predicted octanol–water partition coefficient (Wildman–Crippen LogP) is 0.481. The zero-order valence-electron chi connectivity index (χ0n) is 15.6. The summed E-state index contributed by atoms with van der Waals surface area (Å²) in [4.78, 5) is 26.5. The summed E-state index contributed by atoms with van der Waals surface area (Å²) in [5.41, 5.74) is 6.19. The molecular weight excluding hydrogens is 350 g/mol. The van der Waals surface area contributed by atoms with Gasteiger partial charge in [0.1, 0.15) is 18.4 Å². The van der Waals surface area contributed by atoms with Gasteiger partial charge in [0.25, 0.3) is 0 Å². The third-order valence-corrected chi connectivity index (χ3v) is 4.69. The molecule has 2 aliphatic heterocycles. The number of nitrogens with zero attached hydrogens (tertiary/aromatic N) is 1. The number of rotatable bonds is 7. The quantitative estimate of drug-likeness (QED) is 0.668. The number of nitrogens with one attached hydrogen (secondary N) is 2. The summed E-state index contributed by atoms with van der Waals surface area (Å²) in [6, 6.07) is 8.98. The van der Waals surface area contributed by atoms with Gasteiger partial charge in [0.05, 0.1) is 38.3 Å². The normalized spacial score (nSPS) is 25.2. The average molecular weight is 377 g/mol. The summed E-state index contributed by atoms with van der Waals surface area (Å²) in [6.45, 7) is 3.88. The molecule has 0 aromatic heterocycles. The molecule has 2 N–H and O–H groups in total. The van der Waals surface area contributed by atoms with E-state index in [1.165, 1.54) is 0 Å². The standard InChI is InChI=1S/C19H27N3O5/c1-2-26-18(23)11-15-13-25-9-8-22(15)19(24)17-10-14(20-21-17)12-27-16-6-4-3-5-7-16/h3-7,14-15,17,20-21H,2,8-13H2,1H3. The minimum Gasteiger partial charge on any atom is -0.492 e. The lowest BCUT2D eigenvalue weighted by molar-refractivity contribution is -0.150. The van der Waals surface area contributed by atoms with Crippen molar-refractivity contribution in [1.82, 2.24) is 15.8 Å². The molecule has 1 aromatic carbocycles. The van der Waals surface area contributed by atoms with Crippen LogP contribution in [0.1, 0.15) is 19.8 Å². The van der Waals surface area contributed by atoms with E-state index in [2.05, 4.69) is 10.9 Å². The maximum Gasteiger partial charge on any atom is 0.307 e. The fraction of sp³-hybridized carbons (Fsp3) is 0.579. The van der Waals surface area contributed by atoms with Crippen molar-refractivity contribution in [3.8, 4) is 5.75 Å². The van der Waals surface area contributed by atoms with Gasteiger partial charge < -0.3 is 19.1 Å². The van der Waals surface area contributed by atoms with Crippen LogP contribution < -0.4 is 15.6 Å². The highest BCUT2D eigenvalue weighted by atomic mass is 16.5. The maximum absolute atomic E-state index is 12.9. The summed E-state index contributed by atoms with van der Waals surface area (Å²) in [5, 5.41) is 0. The van der Waals surface area contributed by atoms with Gasteiger partial charge in [-0.25, -0.2) is 5.43 Å². The molecule has 1 amide bonds. The van der Waals surface area contributed by atoms with E-state index in [0.717, 1.165) is 5.75 Å². The first kappa shape index (κ1) is 19.6. The van der Waals surface area contributed by atoms with Crippen molar-refractivity contribution in [2.45, 2.75) is 37.9 Å². The van der Waals surface area contributed by atoms with Crippen molar-refractivity contribution in [3.63, 3.8) is 0 Å². The second-order valence-electron chi connectivity index (χ2n) is 6.67. The van der Waals surface area contributed by atoms with Crippen LogP contribution in [-0.4, -0.2) is 67.9 Å². The van der Waals surface area contributed by atoms with Crippen LogP contribution in [0, 0.1) is 0 Å². The van der Waals surface area contributed by atoms with Crippen molar-refractivity contribution in [2.24, 2.45) is 0 Å². The van der Waals surface area contributed by atoms with Gasteiger partial charge in [-0.05, 0) is 25.5 Å². The van der Waals surface area contributed by atoms with Crippen LogP contribution in [0.2, 0.25) is 0 Å². The molecule has 2 fully saturated rings. The number of para-hydroxylation sites is 1. The van der Waals surface area contributed by atoms with Crippen LogP contribution in [0.4, 0.5) is 0 Å². The number of hydrogen-bond acceptors (Lipinski definition) is 7. The van der Waals surface area contributed by atoms with Crippen molar-refractivity contribution in [3.05, 3.63) is 30.3 Å². The van der Waals surface area contributed by atoms with E-state index in [1.54, 1.807) is 11.8 Å². The molecule has 0 aliphatic carbocycles. The van der Waals surface area contributed by atoms with Crippen molar-refractivity contribution in [2.75, 3.05) is 33.0 Å². The predicted molar refractivity (Wildman–Crippen MR) is 98.0 cm³/mol. The summed E-state index contributed by atoms with van der Waals surface area (Å²) < 4.78 is 16.2. The smallest absolute Gasteiger partial charge is 0.307 e. The molecule has 3 rings (SSSR count). The topological polar surface area (TPSA) is 89.1 Å². The number of hydrogen-bond donors (Lipinski definition) is 2. The molecule has 1 aromatic rings. The highest BCUT2D eigenvalue weighted by Crippen LogP contribution is 2.17. The third kappa shape index (κ3) is 5.41. The number of benzene rings is 1. The molecule has 27 heavy (non-hydrogen) atoms. The molecule has 2 heterocycles. The van der Waals surface area contributed by atoms with Gasteiger partial charge in [0.15, 0.2) is 0 Å². The van der Waals surface area contributed by atoms with Crippen LogP contribution in [-0.2, 0) is 19.1 Å². The van der Waals surface area contributed by atoms with E-state index in [-0.39, 0.29) is 36.4 Å². The Morgan fingerprint density at radius 1 is 1.26 bits per heavy atom. The van der Waals surface area contributed by atoms with Gasteiger partial charge >= 0.3 is 5.97 Å². The number of morpholine rings is 1.